The highest BCUT2D eigenvalue weighted by atomic mass is 79.9. The fourth-order valence-electron chi connectivity index (χ4n) is 1.67. The number of benzene rings is 2. The zero-order valence-electron chi connectivity index (χ0n) is 10.2. The highest BCUT2D eigenvalue weighted by molar-refractivity contribution is 9.10. The van der Waals surface area contributed by atoms with Crippen LogP contribution in [0.1, 0.15) is 15.9 Å². The molecular weight excluding hydrogens is 328 g/mol. The molecule has 2 rings (SSSR count). The Labute approximate surface area is 124 Å². The Kier molecular flexibility index (Phi) is 4.12. The Morgan fingerprint density at radius 3 is 2.68 bits per heavy atom. The maximum atomic E-state index is 12.2. The van der Waals surface area contributed by atoms with Gasteiger partial charge in [-0.2, -0.15) is 0 Å². The van der Waals surface area contributed by atoms with Gasteiger partial charge in [0.2, 0.25) is 0 Å². The van der Waals surface area contributed by atoms with Crippen molar-refractivity contribution in [1.82, 2.24) is 0 Å². The number of amides is 1. The van der Waals surface area contributed by atoms with Crippen LogP contribution in [0.3, 0.4) is 0 Å². The van der Waals surface area contributed by atoms with E-state index in [4.69, 9.17) is 17.3 Å². The third-order valence-corrected chi connectivity index (χ3v) is 3.60. The van der Waals surface area contributed by atoms with Crippen LogP contribution in [0.5, 0.6) is 0 Å². The molecule has 98 valence electrons. The molecule has 0 aliphatic heterocycles. The fourth-order valence-corrected chi connectivity index (χ4v) is 2.33. The van der Waals surface area contributed by atoms with Crippen LogP contribution in [0.2, 0.25) is 5.02 Å². The average Bonchev–Trinajstić information content (AvgIpc) is 2.35. The summed E-state index contributed by atoms with van der Waals surface area (Å²) in [7, 11) is 0. The van der Waals surface area contributed by atoms with Gasteiger partial charge >= 0.3 is 0 Å². The number of nitrogen functional groups attached to an aromatic ring is 1. The van der Waals surface area contributed by atoms with E-state index in [1.165, 1.54) is 0 Å². The zero-order chi connectivity index (χ0) is 14.0. The lowest BCUT2D eigenvalue weighted by atomic mass is 10.1. The number of hydrogen-bond acceptors (Lipinski definition) is 2. The van der Waals surface area contributed by atoms with Crippen molar-refractivity contribution in [2.24, 2.45) is 0 Å². The number of carbonyl (C=O) groups excluding carboxylic acids is 1. The maximum absolute atomic E-state index is 12.2. The number of halogens is 2. The van der Waals surface area contributed by atoms with Gasteiger partial charge in [0.05, 0.1) is 5.56 Å². The molecule has 2 aromatic carbocycles. The van der Waals surface area contributed by atoms with Crippen LogP contribution < -0.4 is 11.1 Å². The largest absolute Gasteiger partial charge is 0.399 e. The van der Waals surface area contributed by atoms with E-state index in [-0.39, 0.29) is 5.91 Å². The summed E-state index contributed by atoms with van der Waals surface area (Å²) in [6.45, 7) is 1.88. The molecule has 1 amide bonds. The van der Waals surface area contributed by atoms with E-state index in [1.54, 1.807) is 36.4 Å². The molecule has 19 heavy (non-hydrogen) atoms. The summed E-state index contributed by atoms with van der Waals surface area (Å²) in [6, 6.07) is 10.4. The van der Waals surface area contributed by atoms with Gasteiger partial charge < -0.3 is 11.1 Å². The molecule has 0 bridgehead atoms. The Morgan fingerprint density at radius 1 is 1.26 bits per heavy atom. The molecule has 0 saturated carbocycles. The first kappa shape index (κ1) is 13.9. The predicted molar refractivity (Wildman–Crippen MR) is 82.7 cm³/mol. The van der Waals surface area contributed by atoms with Crippen molar-refractivity contribution < 1.29 is 4.79 Å². The van der Waals surface area contributed by atoms with Crippen molar-refractivity contribution in [3.8, 4) is 0 Å². The van der Waals surface area contributed by atoms with Crippen molar-refractivity contribution in [3.05, 3.63) is 57.0 Å². The van der Waals surface area contributed by atoms with Crippen LogP contribution in [0.4, 0.5) is 11.4 Å². The minimum Gasteiger partial charge on any atom is -0.399 e. The zero-order valence-corrected chi connectivity index (χ0v) is 12.5. The first-order valence-electron chi connectivity index (χ1n) is 5.60. The Bertz CT molecular complexity index is 643. The number of anilines is 2. The van der Waals surface area contributed by atoms with Crippen molar-refractivity contribution in [2.45, 2.75) is 6.92 Å². The van der Waals surface area contributed by atoms with E-state index in [0.29, 0.717) is 20.7 Å². The van der Waals surface area contributed by atoms with Gasteiger partial charge in [-0.25, -0.2) is 0 Å². The molecule has 2 aromatic rings. The van der Waals surface area contributed by atoms with Crippen LogP contribution in [0.25, 0.3) is 0 Å². The summed E-state index contributed by atoms with van der Waals surface area (Å²) in [5.74, 6) is -0.218. The topological polar surface area (TPSA) is 55.1 Å². The average molecular weight is 340 g/mol. The Morgan fingerprint density at radius 2 is 2.00 bits per heavy atom. The van der Waals surface area contributed by atoms with Crippen LogP contribution in [0.15, 0.2) is 40.9 Å². The van der Waals surface area contributed by atoms with Gasteiger partial charge in [-0.05, 0) is 64.8 Å². The highest BCUT2D eigenvalue weighted by Gasteiger charge is 2.11. The number of nitrogens with two attached hydrogens (primary N) is 1. The molecule has 0 aliphatic rings. The molecule has 0 fully saturated rings. The normalized spacial score (nSPS) is 10.3. The van der Waals surface area contributed by atoms with Gasteiger partial charge in [-0.3, -0.25) is 4.79 Å². The molecule has 0 radical (unpaired) electrons. The van der Waals surface area contributed by atoms with E-state index >= 15 is 0 Å². The fraction of sp³-hybridized carbons (Fsp3) is 0.0714. The number of carbonyl (C=O) groups is 1. The molecule has 3 nitrogen and oxygen atoms in total. The number of nitrogens with one attached hydrogen (secondary N) is 1. The van der Waals surface area contributed by atoms with E-state index in [9.17, 15) is 4.79 Å². The Balaban J connectivity index is 2.28. The van der Waals surface area contributed by atoms with E-state index in [1.807, 2.05) is 6.92 Å². The van der Waals surface area contributed by atoms with Crippen molar-refractivity contribution >= 4 is 44.8 Å². The molecule has 0 heterocycles. The second-order valence-corrected chi connectivity index (χ2v) is 5.44. The maximum Gasteiger partial charge on any atom is 0.256 e. The second kappa shape index (κ2) is 5.63. The summed E-state index contributed by atoms with van der Waals surface area (Å²) in [5.41, 5.74) is 8.36. The monoisotopic (exact) mass is 338 g/mol. The molecule has 5 heteroatoms. The number of rotatable bonds is 2. The molecule has 3 N–H and O–H groups in total. The summed E-state index contributed by atoms with van der Waals surface area (Å²) in [4.78, 5) is 12.2. The third-order valence-electron chi connectivity index (χ3n) is 2.67. The quantitative estimate of drug-likeness (QED) is 0.804. The van der Waals surface area contributed by atoms with Crippen LogP contribution in [-0.4, -0.2) is 5.91 Å². The van der Waals surface area contributed by atoms with Crippen molar-refractivity contribution in [2.75, 3.05) is 11.1 Å². The molecular formula is C14H12BrClN2O. The van der Waals surface area contributed by atoms with Crippen LogP contribution in [0, 0.1) is 6.92 Å². The first-order chi connectivity index (χ1) is 8.97. The first-order valence-corrected chi connectivity index (χ1v) is 6.77. The van der Waals surface area contributed by atoms with E-state index in [2.05, 4.69) is 21.2 Å². The Hall–Kier alpha value is -1.52. The SMILES string of the molecule is Cc1cc(Cl)ccc1NC(=O)c1cc(N)ccc1Br. The summed E-state index contributed by atoms with van der Waals surface area (Å²) < 4.78 is 0.700. The molecule has 0 saturated heterocycles. The van der Waals surface area contributed by atoms with Gasteiger partial charge in [0.25, 0.3) is 5.91 Å². The standard InChI is InChI=1S/C14H12BrClN2O/c1-8-6-9(16)2-5-13(8)18-14(19)11-7-10(17)3-4-12(11)15/h2-7H,17H2,1H3,(H,18,19). The predicted octanol–water partition coefficient (Wildman–Crippen LogP) is 4.25. The van der Waals surface area contributed by atoms with E-state index in [0.717, 1.165) is 11.3 Å². The van der Waals surface area contributed by atoms with Crippen LogP contribution >= 0.6 is 27.5 Å². The minimum atomic E-state index is -0.218. The highest BCUT2D eigenvalue weighted by Crippen LogP contribution is 2.23. The molecule has 0 aliphatic carbocycles. The number of aryl methyl sites for hydroxylation is 1. The lowest BCUT2D eigenvalue weighted by Gasteiger charge is -2.10. The molecule has 0 atom stereocenters. The molecule has 0 spiro atoms. The van der Waals surface area contributed by atoms with Gasteiger partial charge in [-0.1, -0.05) is 11.6 Å². The minimum absolute atomic E-state index is 0.218. The number of hydrogen-bond donors (Lipinski definition) is 2. The van der Waals surface area contributed by atoms with E-state index < -0.39 is 0 Å². The summed E-state index contributed by atoms with van der Waals surface area (Å²) in [5, 5.41) is 3.48. The van der Waals surface area contributed by atoms with Gasteiger partial charge in [-0.15, -0.1) is 0 Å². The van der Waals surface area contributed by atoms with Crippen LogP contribution in [-0.2, 0) is 0 Å². The smallest absolute Gasteiger partial charge is 0.256 e. The summed E-state index contributed by atoms with van der Waals surface area (Å²) in [6.07, 6.45) is 0. The lowest BCUT2D eigenvalue weighted by molar-refractivity contribution is 0.102. The molecule has 0 unspecified atom stereocenters. The second-order valence-electron chi connectivity index (χ2n) is 4.15. The van der Waals surface area contributed by atoms with Crippen molar-refractivity contribution in [3.63, 3.8) is 0 Å². The van der Waals surface area contributed by atoms with Gasteiger partial charge in [0.15, 0.2) is 0 Å². The van der Waals surface area contributed by atoms with Gasteiger partial charge in [0, 0.05) is 20.9 Å². The van der Waals surface area contributed by atoms with Crippen molar-refractivity contribution in [1.29, 1.82) is 0 Å². The third kappa shape index (κ3) is 3.28. The summed E-state index contributed by atoms with van der Waals surface area (Å²) >= 11 is 9.22. The lowest BCUT2D eigenvalue weighted by Crippen LogP contribution is -2.13. The van der Waals surface area contributed by atoms with Gasteiger partial charge in [0.1, 0.15) is 0 Å². The molecule has 0 aromatic heterocycles.